The van der Waals surface area contributed by atoms with Crippen molar-refractivity contribution >= 4 is 38.8 Å². The summed E-state index contributed by atoms with van der Waals surface area (Å²) in [5, 5.41) is 0. The number of nitrogens with two attached hydrogens (primary N) is 1. The summed E-state index contributed by atoms with van der Waals surface area (Å²) in [5.41, 5.74) is 5.71. The highest BCUT2D eigenvalue weighted by Gasteiger charge is 2.17. The first-order chi connectivity index (χ1) is 9.51. The second-order valence-electron chi connectivity index (χ2n) is 3.58. The molecule has 0 aliphatic heterocycles. The van der Waals surface area contributed by atoms with Crippen LogP contribution in [0.4, 0.5) is 5.82 Å². The number of aromatic nitrogens is 1. The molecule has 8 heteroatoms. The summed E-state index contributed by atoms with van der Waals surface area (Å²) >= 11 is 6.71. The fraction of sp³-hybridized carbons (Fsp3) is 0.0833. The SMILES string of the molecule is NCC#Cc1cccc(NS(=O)(=O)c2ccc(Cl)s2)n1. The van der Waals surface area contributed by atoms with Crippen molar-refractivity contribution in [1.29, 1.82) is 0 Å². The van der Waals surface area contributed by atoms with Crippen LogP contribution in [-0.4, -0.2) is 19.9 Å². The van der Waals surface area contributed by atoms with Gasteiger partial charge in [-0.05, 0) is 30.2 Å². The Morgan fingerprint density at radius 2 is 2.15 bits per heavy atom. The predicted molar refractivity (Wildman–Crippen MR) is 80.3 cm³/mol. The van der Waals surface area contributed by atoms with Crippen molar-refractivity contribution in [1.82, 2.24) is 4.98 Å². The lowest BCUT2D eigenvalue weighted by atomic mass is 10.3. The number of rotatable bonds is 3. The number of hydrogen-bond acceptors (Lipinski definition) is 5. The number of sulfonamides is 1. The van der Waals surface area contributed by atoms with Crippen LogP contribution < -0.4 is 10.5 Å². The monoisotopic (exact) mass is 327 g/mol. The Balaban J connectivity index is 2.25. The Labute approximate surface area is 125 Å². The predicted octanol–water partition coefficient (Wildman–Crippen LogP) is 1.91. The van der Waals surface area contributed by atoms with Gasteiger partial charge in [0.25, 0.3) is 10.0 Å². The third-order valence-corrected chi connectivity index (χ3v) is 5.20. The minimum absolute atomic E-state index is 0.128. The smallest absolute Gasteiger partial charge is 0.272 e. The van der Waals surface area contributed by atoms with Crippen molar-refractivity contribution in [2.75, 3.05) is 11.3 Å². The molecule has 2 aromatic heterocycles. The number of halogens is 1. The van der Waals surface area contributed by atoms with Crippen LogP contribution >= 0.6 is 22.9 Å². The summed E-state index contributed by atoms with van der Waals surface area (Å²) in [6.07, 6.45) is 0. The first-order valence-corrected chi connectivity index (χ1v) is 8.13. The fourth-order valence-corrected chi connectivity index (χ4v) is 3.82. The van der Waals surface area contributed by atoms with Gasteiger partial charge in [-0.1, -0.05) is 23.6 Å². The summed E-state index contributed by atoms with van der Waals surface area (Å²) in [5.74, 6) is 5.58. The Morgan fingerprint density at radius 1 is 1.35 bits per heavy atom. The molecule has 0 saturated carbocycles. The van der Waals surface area contributed by atoms with E-state index >= 15 is 0 Å². The quantitative estimate of drug-likeness (QED) is 0.843. The standard InChI is InChI=1S/C12H10ClN3O2S2/c13-10-6-7-12(19-10)20(17,18)16-11-5-1-3-9(15-11)4-2-8-14/h1,3,5-7H,8,14H2,(H,15,16). The van der Waals surface area contributed by atoms with Crippen molar-refractivity contribution in [3.63, 3.8) is 0 Å². The van der Waals surface area contributed by atoms with E-state index in [1.807, 2.05) is 0 Å². The lowest BCUT2D eigenvalue weighted by Gasteiger charge is -2.05. The summed E-state index contributed by atoms with van der Waals surface area (Å²) in [6, 6.07) is 7.83. The van der Waals surface area contributed by atoms with Crippen molar-refractivity contribution in [2.45, 2.75) is 4.21 Å². The van der Waals surface area contributed by atoms with E-state index in [4.69, 9.17) is 17.3 Å². The lowest BCUT2D eigenvalue weighted by Crippen LogP contribution is -2.12. The van der Waals surface area contributed by atoms with Gasteiger partial charge in [-0.3, -0.25) is 4.72 Å². The molecular formula is C12H10ClN3O2S2. The van der Waals surface area contributed by atoms with Crippen LogP contribution in [0.2, 0.25) is 4.34 Å². The van der Waals surface area contributed by atoms with E-state index in [0.29, 0.717) is 10.0 Å². The Morgan fingerprint density at radius 3 is 2.80 bits per heavy atom. The molecule has 3 N–H and O–H groups in total. The van der Waals surface area contributed by atoms with Gasteiger partial charge in [0.2, 0.25) is 0 Å². The molecule has 0 radical (unpaired) electrons. The highest BCUT2D eigenvalue weighted by atomic mass is 35.5. The first kappa shape index (κ1) is 14.8. The molecular weight excluding hydrogens is 318 g/mol. The van der Waals surface area contributed by atoms with Crippen LogP contribution in [0.15, 0.2) is 34.5 Å². The first-order valence-electron chi connectivity index (χ1n) is 5.45. The number of pyridine rings is 1. The van der Waals surface area contributed by atoms with Crippen LogP contribution in [0.25, 0.3) is 0 Å². The Hall–Kier alpha value is -1.59. The molecule has 0 aliphatic rings. The van der Waals surface area contributed by atoms with Crippen molar-refractivity contribution in [2.24, 2.45) is 5.73 Å². The van der Waals surface area contributed by atoms with E-state index in [0.717, 1.165) is 11.3 Å². The van der Waals surface area contributed by atoms with Gasteiger partial charge in [0.15, 0.2) is 0 Å². The van der Waals surface area contributed by atoms with Crippen LogP contribution in [-0.2, 0) is 10.0 Å². The van der Waals surface area contributed by atoms with E-state index < -0.39 is 10.0 Å². The van der Waals surface area contributed by atoms with Crippen LogP contribution in [0.3, 0.4) is 0 Å². The van der Waals surface area contributed by atoms with Gasteiger partial charge in [-0.25, -0.2) is 13.4 Å². The molecule has 2 heterocycles. The van der Waals surface area contributed by atoms with E-state index in [1.165, 1.54) is 12.1 Å². The molecule has 20 heavy (non-hydrogen) atoms. The average Bonchev–Trinajstić information content (AvgIpc) is 2.84. The van der Waals surface area contributed by atoms with Crippen molar-refractivity contribution in [3.05, 3.63) is 40.4 Å². The minimum atomic E-state index is -3.68. The molecule has 2 aromatic rings. The zero-order chi connectivity index (χ0) is 14.6. The van der Waals surface area contributed by atoms with Crippen LogP contribution in [0, 0.1) is 11.8 Å². The number of nitrogens with one attached hydrogen (secondary N) is 1. The second-order valence-corrected chi connectivity index (χ2v) is 7.20. The van der Waals surface area contributed by atoms with Gasteiger partial charge in [-0.15, -0.1) is 11.3 Å². The molecule has 0 aliphatic carbocycles. The maximum Gasteiger partial charge on any atom is 0.272 e. The summed E-state index contributed by atoms with van der Waals surface area (Å²) < 4.78 is 27.1. The molecule has 0 fully saturated rings. The maximum absolute atomic E-state index is 12.1. The van der Waals surface area contributed by atoms with Gasteiger partial charge in [0.1, 0.15) is 15.7 Å². The topological polar surface area (TPSA) is 85.1 Å². The largest absolute Gasteiger partial charge is 0.320 e. The molecule has 0 bridgehead atoms. The van der Waals surface area contributed by atoms with Gasteiger partial charge in [0.05, 0.1) is 10.9 Å². The number of nitrogens with zero attached hydrogens (tertiary/aromatic N) is 1. The highest BCUT2D eigenvalue weighted by Crippen LogP contribution is 2.26. The molecule has 0 unspecified atom stereocenters. The van der Waals surface area contributed by atoms with E-state index in [1.54, 1.807) is 18.2 Å². The molecule has 0 amide bonds. The Kier molecular flexibility index (Phi) is 4.62. The molecule has 0 saturated heterocycles. The van der Waals surface area contributed by atoms with Crippen molar-refractivity contribution < 1.29 is 8.42 Å². The third kappa shape index (κ3) is 3.71. The Bertz CT molecular complexity index is 775. The molecule has 104 valence electrons. The molecule has 2 rings (SSSR count). The lowest BCUT2D eigenvalue weighted by molar-refractivity contribution is 0.603. The van der Waals surface area contributed by atoms with Crippen molar-refractivity contribution in [3.8, 4) is 11.8 Å². The maximum atomic E-state index is 12.1. The zero-order valence-corrected chi connectivity index (χ0v) is 12.5. The normalized spacial score (nSPS) is 10.7. The second kappa shape index (κ2) is 6.24. The molecule has 5 nitrogen and oxygen atoms in total. The van der Waals surface area contributed by atoms with Gasteiger partial charge in [-0.2, -0.15) is 0 Å². The number of anilines is 1. The van der Waals surface area contributed by atoms with Crippen LogP contribution in [0.5, 0.6) is 0 Å². The zero-order valence-electron chi connectivity index (χ0n) is 10.1. The number of hydrogen-bond donors (Lipinski definition) is 2. The van der Waals surface area contributed by atoms with E-state index in [-0.39, 0.29) is 16.6 Å². The molecule has 0 spiro atoms. The number of thiophene rings is 1. The van der Waals surface area contributed by atoms with Gasteiger partial charge < -0.3 is 5.73 Å². The van der Waals surface area contributed by atoms with E-state index in [2.05, 4.69) is 21.5 Å². The van der Waals surface area contributed by atoms with Crippen LogP contribution in [0.1, 0.15) is 5.69 Å². The summed E-state index contributed by atoms with van der Waals surface area (Å²) in [7, 11) is -3.68. The summed E-state index contributed by atoms with van der Waals surface area (Å²) in [6.45, 7) is 0.214. The van der Waals surface area contributed by atoms with E-state index in [9.17, 15) is 8.42 Å². The van der Waals surface area contributed by atoms with Gasteiger partial charge in [0, 0.05) is 0 Å². The van der Waals surface area contributed by atoms with Gasteiger partial charge >= 0.3 is 0 Å². The fourth-order valence-electron chi connectivity index (χ4n) is 1.33. The molecule has 0 atom stereocenters. The molecule has 0 aromatic carbocycles. The average molecular weight is 328 g/mol. The third-order valence-electron chi connectivity index (χ3n) is 2.12. The minimum Gasteiger partial charge on any atom is -0.320 e. The highest BCUT2D eigenvalue weighted by molar-refractivity contribution is 7.94. The summed E-state index contributed by atoms with van der Waals surface area (Å²) in [4.78, 5) is 4.08.